The van der Waals surface area contributed by atoms with Gasteiger partial charge < -0.3 is 10.5 Å². The fourth-order valence-corrected chi connectivity index (χ4v) is 2.79. The van der Waals surface area contributed by atoms with Crippen LogP contribution in [-0.2, 0) is 12.6 Å². The van der Waals surface area contributed by atoms with Gasteiger partial charge in [-0.3, -0.25) is 0 Å². The summed E-state index contributed by atoms with van der Waals surface area (Å²) in [5, 5.41) is 0.456. The molecule has 0 bridgehead atoms. The number of fused-ring (bicyclic) bond motifs is 1. The number of hydrogen-bond donors (Lipinski definition) is 1. The fourth-order valence-electron chi connectivity index (χ4n) is 2.60. The third kappa shape index (κ3) is 2.78. The minimum absolute atomic E-state index is 0.255. The first-order valence-electron chi connectivity index (χ1n) is 6.75. The Kier molecular flexibility index (Phi) is 3.78. The van der Waals surface area contributed by atoms with Crippen molar-refractivity contribution in [1.29, 1.82) is 0 Å². The summed E-state index contributed by atoms with van der Waals surface area (Å²) >= 11 is 5.95. The number of benzene rings is 2. The average molecular weight is 328 g/mol. The molecule has 6 heteroatoms. The SMILES string of the molecule is NCC1Cc2cc(C(F)(F)F)cc(-c3cccc(Cl)c3)c2O1. The lowest BCUT2D eigenvalue weighted by Gasteiger charge is -2.14. The number of hydrogen-bond acceptors (Lipinski definition) is 2. The molecule has 2 aromatic rings. The molecule has 0 radical (unpaired) electrons. The number of alkyl halides is 3. The van der Waals surface area contributed by atoms with E-state index in [0.29, 0.717) is 33.9 Å². The van der Waals surface area contributed by atoms with E-state index in [1.165, 1.54) is 0 Å². The molecule has 2 N–H and O–H groups in total. The lowest BCUT2D eigenvalue weighted by atomic mass is 9.97. The summed E-state index contributed by atoms with van der Waals surface area (Å²) < 4.78 is 45.1. The molecule has 0 spiro atoms. The number of halogens is 4. The summed E-state index contributed by atoms with van der Waals surface area (Å²) in [6.45, 7) is 0.255. The van der Waals surface area contributed by atoms with Crippen LogP contribution in [0.25, 0.3) is 11.1 Å². The third-order valence-electron chi connectivity index (χ3n) is 3.62. The van der Waals surface area contributed by atoms with Crippen LogP contribution in [0, 0.1) is 0 Å². The minimum Gasteiger partial charge on any atom is -0.488 e. The van der Waals surface area contributed by atoms with Gasteiger partial charge in [0.05, 0.1) is 5.56 Å². The molecule has 1 unspecified atom stereocenters. The van der Waals surface area contributed by atoms with E-state index in [2.05, 4.69) is 0 Å². The molecule has 0 saturated carbocycles. The van der Waals surface area contributed by atoms with Crippen LogP contribution in [0.4, 0.5) is 13.2 Å². The Morgan fingerprint density at radius 2 is 2.00 bits per heavy atom. The standard InChI is InChI=1S/C16H13ClF3NO/c17-12-3-1-2-9(5-12)14-7-11(16(18,19)20)4-10-6-13(8-21)22-15(10)14/h1-5,7,13H,6,8,21H2. The quantitative estimate of drug-likeness (QED) is 0.893. The molecule has 0 aliphatic carbocycles. The third-order valence-corrected chi connectivity index (χ3v) is 3.86. The smallest absolute Gasteiger partial charge is 0.416 e. The first-order valence-corrected chi connectivity index (χ1v) is 7.13. The molecule has 0 aromatic heterocycles. The van der Waals surface area contributed by atoms with Crippen molar-refractivity contribution < 1.29 is 17.9 Å². The van der Waals surface area contributed by atoms with Gasteiger partial charge in [0.2, 0.25) is 0 Å². The topological polar surface area (TPSA) is 35.2 Å². The Balaban J connectivity index is 2.18. The predicted molar refractivity (Wildman–Crippen MR) is 79.1 cm³/mol. The maximum Gasteiger partial charge on any atom is 0.416 e. The van der Waals surface area contributed by atoms with Gasteiger partial charge >= 0.3 is 6.18 Å². The van der Waals surface area contributed by atoms with Crippen molar-refractivity contribution in [2.45, 2.75) is 18.7 Å². The van der Waals surface area contributed by atoms with Crippen molar-refractivity contribution >= 4 is 11.6 Å². The fraction of sp³-hybridized carbons (Fsp3) is 0.250. The highest BCUT2D eigenvalue weighted by atomic mass is 35.5. The van der Waals surface area contributed by atoms with Crippen molar-refractivity contribution in [3.63, 3.8) is 0 Å². The van der Waals surface area contributed by atoms with Crippen LogP contribution in [0.3, 0.4) is 0 Å². The van der Waals surface area contributed by atoms with Crippen molar-refractivity contribution in [2.24, 2.45) is 5.73 Å². The Labute approximate surface area is 130 Å². The zero-order chi connectivity index (χ0) is 15.9. The lowest BCUT2D eigenvalue weighted by Crippen LogP contribution is -2.24. The van der Waals surface area contributed by atoms with E-state index < -0.39 is 11.7 Å². The summed E-state index contributed by atoms with van der Waals surface area (Å²) in [4.78, 5) is 0. The Morgan fingerprint density at radius 3 is 2.64 bits per heavy atom. The van der Waals surface area contributed by atoms with E-state index in [-0.39, 0.29) is 12.6 Å². The van der Waals surface area contributed by atoms with Gasteiger partial charge in [0, 0.05) is 23.6 Å². The highest BCUT2D eigenvalue weighted by molar-refractivity contribution is 6.30. The monoisotopic (exact) mass is 327 g/mol. The molecule has 22 heavy (non-hydrogen) atoms. The molecular formula is C16H13ClF3NO. The molecule has 116 valence electrons. The van der Waals surface area contributed by atoms with Crippen LogP contribution in [0.15, 0.2) is 36.4 Å². The summed E-state index contributed by atoms with van der Waals surface area (Å²) in [7, 11) is 0. The summed E-state index contributed by atoms with van der Waals surface area (Å²) in [6.07, 6.45) is -4.33. The van der Waals surface area contributed by atoms with Gasteiger partial charge in [-0.2, -0.15) is 13.2 Å². The molecule has 1 aliphatic heterocycles. The molecule has 0 saturated heterocycles. The second-order valence-electron chi connectivity index (χ2n) is 5.20. The molecule has 1 atom stereocenters. The zero-order valence-corrected chi connectivity index (χ0v) is 12.2. The number of ether oxygens (including phenoxy) is 1. The van der Waals surface area contributed by atoms with E-state index in [9.17, 15) is 13.2 Å². The van der Waals surface area contributed by atoms with Crippen molar-refractivity contribution in [2.75, 3.05) is 6.54 Å². The molecular weight excluding hydrogens is 315 g/mol. The molecule has 2 aromatic carbocycles. The van der Waals surface area contributed by atoms with E-state index in [1.54, 1.807) is 24.3 Å². The Morgan fingerprint density at radius 1 is 1.23 bits per heavy atom. The summed E-state index contributed by atoms with van der Waals surface area (Å²) in [5.41, 5.74) is 6.40. The normalized spacial score (nSPS) is 17.2. The van der Waals surface area contributed by atoms with Crippen LogP contribution in [0.2, 0.25) is 5.02 Å². The Hall–Kier alpha value is -1.72. The predicted octanol–water partition coefficient (Wildman–Crippen LogP) is 4.29. The summed E-state index contributed by atoms with van der Waals surface area (Å²) in [5.74, 6) is 0.464. The molecule has 1 aliphatic rings. The van der Waals surface area contributed by atoms with E-state index >= 15 is 0 Å². The van der Waals surface area contributed by atoms with Gasteiger partial charge in [0.15, 0.2) is 0 Å². The Bertz CT molecular complexity index is 715. The van der Waals surface area contributed by atoms with Gasteiger partial charge in [-0.15, -0.1) is 0 Å². The van der Waals surface area contributed by atoms with E-state index in [1.807, 2.05) is 0 Å². The van der Waals surface area contributed by atoms with Crippen LogP contribution in [0.1, 0.15) is 11.1 Å². The number of nitrogens with two attached hydrogens (primary N) is 1. The highest BCUT2D eigenvalue weighted by Gasteiger charge is 2.35. The van der Waals surface area contributed by atoms with Crippen LogP contribution in [0.5, 0.6) is 5.75 Å². The largest absolute Gasteiger partial charge is 0.488 e. The second kappa shape index (κ2) is 5.48. The van der Waals surface area contributed by atoms with Gasteiger partial charge in [-0.1, -0.05) is 23.7 Å². The first-order chi connectivity index (χ1) is 10.4. The highest BCUT2D eigenvalue weighted by Crippen LogP contribution is 2.43. The maximum absolute atomic E-state index is 13.1. The second-order valence-corrected chi connectivity index (χ2v) is 5.64. The van der Waals surface area contributed by atoms with Crippen molar-refractivity contribution in [1.82, 2.24) is 0 Å². The first kappa shape index (κ1) is 15.2. The molecule has 3 rings (SSSR count). The summed E-state index contributed by atoms with van der Waals surface area (Å²) in [6, 6.07) is 8.93. The van der Waals surface area contributed by atoms with Gasteiger partial charge in [0.25, 0.3) is 0 Å². The molecule has 1 heterocycles. The van der Waals surface area contributed by atoms with Gasteiger partial charge in [-0.05, 0) is 35.4 Å². The minimum atomic E-state index is -4.41. The van der Waals surface area contributed by atoms with E-state index in [4.69, 9.17) is 22.1 Å². The van der Waals surface area contributed by atoms with Gasteiger partial charge in [0.1, 0.15) is 11.9 Å². The van der Waals surface area contributed by atoms with Crippen LogP contribution in [-0.4, -0.2) is 12.6 Å². The van der Waals surface area contributed by atoms with Crippen molar-refractivity contribution in [3.05, 3.63) is 52.5 Å². The molecule has 0 amide bonds. The zero-order valence-electron chi connectivity index (χ0n) is 11.5. The molecule has 2 nitrogen and oxygen atoms in total. The van der Waals surface area contributed by atoms with Crippen molar-refractivity contribution in [3.8, 4) is 16.9 Å². The number of rotatable bonds is 2. The lowest BCUT2D eigenvalue weighted by molar-refractivity contribution is -0.137. The maximum atomic E-state index is 13.1. The van der Waals surface area contributed by atoms with Crippen LogP contribution >= 0.6 is 11.6 Å². The average Bonchev–Trinajstić information content (AvgIpc) is 2.88. The van der Waals surface area contributed by atoms with E-state index in [0.717, 1.165) is 12.1 Å². The van der Waals surface area contributed by atoms with Crippen LogP contribution < -0.4 is 10.5 Å². The molecule has 0 fully saturated rings. The van der Waals surface area contributed by atoms with Gasteiger partial charge in [-0.25, -0.2) is 0 Å².